The van der Waals surface area contributed by atoms with Gasteiger partial charge in [0.05, 0.1) is 27.6 Å². The summed E-state index contributed by atoms with van der Waals surface area (Å²) in [5.74, 6) is 0.187. The van der Waals surface area contributed by atoms with E-state index in [2.05, 4.69) is 198 Å². The third-order valence-corrected chi connectivity index (χ3v) is 11.0. The van der Waals surface area contributed by atoms with E-state index in [0.29, 0.717) is 0 Å². The maximum absolute atomic E-state index is 5.46. The zero-order valence-corrected chi connectivity index (χ0v) is 28.1. The van der Waals surface area contributed by atoms with Crippen LogP contribution in [0.2, 0.25) is 0 Å². The van der Waals surface area contributed by atoms with Crippen LogP contribution in [-0.2, 0) is 0 Å². The Morgan fingerprint density at radius 2 is 1.32 bits per heavy atom. The standard InChI is InChI=1S/C46H36N4/c1-46-28-14-13-21-39(46)38-30-33(32-24-26-42-37(29-32)35-19-10-12-23-41(35)49(42)34-17-7-4-8-18-34)25-27-43(38)50(46)45-47-40-22-11-9-20-36(40)44(48(45)2)31-15-5-3-6-16-31/h3-30,39,45H,1-2H3. The largest absolute Gasteiger partial charge is 0.335 e. The molecule has 0 saturated heterocycles. The van der Waals surface area contributed by atoms with Crippen LogP contribution in [-0.4, -0.2) is 28.3 Å². The van der Waals surface area contributed by atoms with Crippen molar-refractivity contribution in [3.63, 3.8) is 0 Å². The van der Waals surface area contributed by atoms with Gasteiger partial charge in [-0.05, 0) is 77.7 Å². The molecule has 0 amide bonds. The van der Waals surface area contributed by atoms with Crippen molar-refractivity contribution in [3.8, 4) is 16.8 Å². The van der Waals surface area contributed by atoms with Crippen LogP contribution >= 0.6 is 0 Å². The molecule has 3 unspecified atom stereocenters. The van der Waals surface area contributed by atoms with Crippen LogP contribution in [0.15, 0.2) is 175 Å². The number of fused-ring (bicyclic) bond motifs is 7. The van der Waals surface area contributed by atoms with Crippen LogP contribution in [0.3, 0.4) is 0 Å². The van der Waals surface area contributed by atoms with Gasteiger partial charge in [0, 0.05) is 40.3 Å². The minimum Gasteiger partial charge on any atom is -0.335 e. The summed E-state index contributed by atoms with van der Waals surface area (Å²) in [6.07, 6.45) is 8.92. The maximum Gasteiger partial charge on any atom is 0.200 e. The lowest BCUT2D eigenvalue weighted by Gasteiger charge is -2.47. The van der Waals surface area contributed by atoms with Gasteiger partial charge in [0.15, 0.2) is 6.29 Å². The van der Waals surface area contributed by atoms with Gasteiger partial charge in [-0.15, -0.1) is 0 Å². The molecule has 0 bridgehead atoms. The molecule has 4 nitrogen and oxygen atoms in total. The van der Waals surface area contributed by atoms with Crippen LogP contribution in [0, 0.1) is 0 Å². The lowest BCUT2D eigenvalue weighted by molar-refractivity contribution is 0.288. The number of rotatable bonds is 4. The molecule has 3 heterocycles. The second-order valence-corrected chi connectivity index (χ2v) is 13.8. The first-order valence-corrected chi connectivity index (χ1v) is 17.4. The first-order valence-electron chi connectivity index (χ1n) is 17.4. The van der Waals surface area contributed by atoms with E-state index in [0.717, 1.165) is 10.6 Å². The van der Waals surface area contributed by atoms with Gasteiger partial charge in [0.1, 0.15) is 0 Å². The lowest BCUT2D eigenvalue weighted by atomic mass is 9.80. The molecule has 1 aliphatic carbocycles. The highest BCUT2D eigenvalue weighted by molar-refractivity contribution is 6.10. The van der Waals surface area contributed by atoms with Crippen LogP contribution in [0.25, 0.3) is 44.3 Å². The van der Waals surface area contributed by atoms with E-state index in [-0.39, 0.29) is 17.7 Å². The second kappa shape index (κ2) is 10.9. The molecule has 4 heteroatoms. The molecule has 2 aliphatic heterocycles. The topological polar surface area (TPSA) is 23.8 Å². The Bertz CT molecular complexity index is 2650. The van der Waals surface area contributed by atoms with Crippen molar-refractivity contribution in [1.29, 1.82) is 0 Å². The molecule has 50 heavy (non-hydrogen) atoms. The van der Waals surface area contributed by atoms with Gasteiger partial charge < -0.3 is 14.4 Å². The van der Waals surface area contributed by atoms with E-state index >= 15 is 0 Å². The third-order valence-electron chi connectivity index (χ3n) is 11.0. The molecule has 7 aromatic rings. The van der Waals surface area contributed by atoms with E-state index in [9.17, 15) is 0 Å². The summed E-state index contributed by atoms with van der Waals surface area (Å²) in [5.41, 5.74) is 10.7. The molecule has 0 N–H and O–H groups in total. The minimum atomic E-state index is -0.292. The predicted molar refractivity (Wildman–Crippen MR) is 206 cm³/mol. The van der Waals surface area contributed by atoms with Crippen molar-refractivity contribution in [1.82, 2.24) is 9.47 Å². The Balaban J connectivity index is 1.12. The molecule has 1 aromatic heterocycles. The molecule has 0 radical (unpaired) electrons. The summed E-state index contributed by atoms with van der Waals surface area (Å²) < 4.78 is 2.38. The van der Waals surface area contributed by atoms with E-state index in [4.69, 9.17) is 4.99 Å². The number of nitrogens with zero attached hydrogens (tertiary/aromatic N) is 4. The Morgan fingerprint density at radius 3 is 2.18 bits per heavy atom. The van der Waals surface area contributed by atoms with E-state index in [1.54, 1.807) is 0 Å². The fourth-order valence-corrected chi connectivity index (χ4v) is 8.70. The van der Waals surface area contributed by atoms with Crippen LogP contribution in [0.4, 0.5) is 5.69 Å². The summed E-state index contributed by atoms with van der Waals surface area (Å²) in [6.45, 7) is 2.37. The van der Waals surface area contributed by atoms with Crippen molar-refractivity contribution >= 4 is 33.2 Å². The predicted octanol–water partition coefficient (Wildman–Crippen LogP) is 8.94. The Hall–Kier alpha value is -6.13. The van der Waals surface area contributed by atoms with Gasteiger partial charge in [-0.25, -0.2) is 4.99 Å². The number of anilines is 1. The van der Waals surface area contributed by atoms with Gasteiger partial charge in [-0.1, -0.05) is 121 Å². The van der Waals surface area contributed by atoms with Gasteiger partial charge in [-0.3, -0.25) is 0 Å². The summed E-state index contributed by atoms with van der Waals surface area (Å²) in [5, 5.41) is 4.72. The molecule has 3 atom stereocenters. The van der Waals surface area contributed by atoms with Crippen LogP contribution in [0.1, 0.15) is 24.0 Å². The molecule has 10 rings (SSSR count). The van der Waals surface area contributed by atoms with Crippen molar-refractivity contribution < 1.29 is 0 Å². The molecule has 6 aromatic carbocycles. The number of benzene rings is 6. The quantitative estimate of drug-likeness (QED) is 0.191. The Labute approximate surface area is 291 Å². The fourth-order valence-electron chi connectivity index (χ4n) is 8.70. The number of aromatic nitrogens is 1. The summed E-state index contributed by atoms with van der Waals surface area (Å²) in [6, 6.07) is 52.7. The molecular formula is C46H36N4. The number of allylic oxidation sites excluding steroid dienone is 2. The average Bonchev–Trinajstić information content (AvgIpc) is 3.63. The second-order valence-electron chi connectivity index (χ2n) is 13.8. The van der Waals surface area contributed by atoms with E-state index in [1.807, 2.05) is 0 Å². The van der Waals surface area contributed by atoms with Crippen LogP contribution < -0.4 is 15.5 Å². The van der Waals surface area contributed by atoms with Crippen molar-refractivity contribution in [3.05, 3.63) is 192 Å². The summed E-state index contributed by atoms with van der Waals surface area (Å²) in [4.78, 5) is 10.4. The molecule has 3 aliphatic rings. The fraction of sp³-hybridized carbons (Fsp3) is 0.109. The molecule has 0 fully saturated rings. The molecule has 240 valence electrons. The first-order chi connectivity index (χ1) is 24.6. The maximum atomic E-state index is 5.46. The van der Waals surface area contributed by atoms with Gasteiger partial charge in [0.2, 0.25) is 0 Å². The third kappa shape index (κ3) is 4.15. The highest BCUT2D eigenvalue weighted by Gasteiger charge is 2.50. The lowest BCUT2D eigenvalue weighted by Crippen LogP contribution is -2.58. The number of hydrogen-bond donors (Lipinski definition) is 0. The highest BCUT2D eigenvalue weighted by atomic mass is 15.5. The molecular weight excluding hydrogens is 609 g/mol. The van der Waals surface area contributed by atoms with Crippen molar-refractivity contribution in [2.24, 2.45) is 4.99 Å². The number of para-hydroxylation sites is 3. The van der Waals surface area contributed by atoms with E-state index in [1.165, 1.54) is 61.1 Å². The van der Waals surface area contributed by atoms with Crippen LogP contribution in [0.5, 0.6) is 0 Å². The van der Waals surface area contributed by atoms with Gasteiger partial charge in [-0.2, -0.15) is 0 Å². The summed E-state index contributed by atoms with van der Waals surface area (Å²) >= 11 is 0. The first kappa shape index (κ1) is 28.8. The number of hydrogen-bond acceptors (Lipinski definition) is 3. The Kier molecular flexibility index (Phi) is 6.31. The summed E-state index contributed by atoms with van der Waals surface area (Å²) in [7, 11) is 2.20. The smallest absolute Gasteiger partial charge is 0.200 e. The zero-order valence-electron chi connectivity index (χ0n) is 28.1. The van der Waals surface area contributed by atoms with E-state index < -0.39 is 0 Å². The monoisotopic (exact) mass is 644 g/mol. The minimum absolute atomic E-state index is 0.187. The van der Waals surface area contributed by atoms with Gasteiger partial charge >= 0.3 is 0 Å². The molecule has 0 saturated carbocycles. The van der Waals surface area contributed by atoms with Gasteiger partial charge in [0.25, 0.3) is 0 Å². The normalized spacial score (nSPS) is 20.6. The SMILES string of the molecule is CN1C(c2ccccc2)=c2ccccc2=NC1N1c2ccc(-c3ccc4c(c3)c3ccccc3n4-c3ccccc3)cc2C2C=CC=CC21C. The van der Waals surface area contributed by atoms with Crippen molar-refractivity contribution in [2.45, 2.75) is 24.7 Å². The van der Waals surface area contributed by atoms with Crippen molar-refractivity contribution in [2.75, 3.05) is 11.9 Å². The zero-order chi connectivity index (χ0) is 33.4. The Morgan fingerprint density at radius 1 is 0.620 bits per heavy atom. The average molecular weight is 645 g/mol. The molecule has 0 spiro atoms. The highest BCUT2D eigenvalue weighted by Crippen LogP contribution is 2.53.